The highest BCUT2D eigenvalue weighted by molar-refractivity contribution is 14.0. The van der Waals surface area contributed by atoms with Gasteiger partial charge in [0.05, 0.1) is 6.54 Å². The largest absolute Gasteiger partial charge is 0.444 e. The Bertz CT molecular complexity index is 473. The lowest BCUT2D eigenvalue weighted by atomic mass is 10.2. The van der Waals surface area contributed by atoms with E-state index in [1.807, 2.05) is 20.8 Å². The minimum Gasteiger partial charge on any atom is -0.444 e. The Labute approximate surface area is 175 Å². The lowest BCUT2D eigenvalue weighted by Gasteiger charge is -2.35. The van der Waals surface area contributed by atoms with Crippen molar-refractivity contribution in [2.24, 2.45) is 10.9 Å². The molecular weight excluding hydrogens is 445 g/mol. The fourth-order valence-electron chi connectivity index (χ4n) is 2.80. The topological polar surface area (TPSA) is 69.2 Å². The number of nitrogens with zero attached hydrogens (tertiary/aromatic N) is 3. The van der Waals surface area contributed by atoms with Gasteiger partial charge in [-0.15, -0.1) is 24.0 Å². The Kier molecular flexibility index (Phi) is 9.43. The molecular formula is C18H36IN5O2. The van der Waals surface area contributed by atoms with Crippen LogP contribution in [0.2, 0.25) is 0 Å². The van der Waals surface area contributed by atoms with Crippen molar-refractivity contribution in [2.45, 2.75) is 52.7 Å². The summed E-state index contributed by atoms with van der Waals surface area (Å²) >= 11 is 0. The van der Waals surface area contributed by atoms with Crippen molar-refractivity contribution in [3.63, 3.8) is 0 Å². The molecule has 0 aromatic heterocycles. The Morgan fingerprint density at radius 3 is 2.35 bits per heavy atom. The van der Waals surface area contributed by atoms with E-state index in [9.17, 15) is 4.79 Å². The molecule has 7 nitrogen and oxygen atoms in total. The Hall–Kier alpha value is -0.770. The van der Waals surface area contributed by atoms with E-state index in [0.717, 1.165) is 57.7 Å². The number of carbonyl (C=O) groups is 1. The van der Waals surface area contributed by atoms with Gasteiger partial charge in [0.2, 0.25) is 0 Å². The van der Waals surface area contributed by atoms with Gasteiger partial charge >= 0.3 is 6.09 Å². The van der Waals surface area contributed by atoms with Gasteiger partial charge in [-0.2, -0.15) is 0 Å². The number of ether oxygens (including phenoxy) is 1. The number of aliphatic imine (C=N–C) groups is 1. The van der Waals surface area contributed by atoms with Gasteiger partial charge in [0, 0.05) is 45.3 Å². The highest BCUT2D eigenvalue weighted by atomic mass is 127. The quantitative estimate of drug-likeness (QED) is 0.358. The molecule has 8 heteroatoms. The normalized spacial score (nSPS) is 23.9. The molecule has 2 N–H and O–H groups in total. The van der Waals surface area contributed by atoms with Crippen LogP contribution in [0.1, 0.15) is 41.0 Å². The van der Waals surface area contributed by atoms with E-state index in [1.165, 1.54) is 6.42 Å². The summed E-state index contributed by atoms with van der Waals surface area (Å²) in [7, 11) is 0. The Morgan fingerprint density at radius 1 is 1.23 bits per heavy atom. The van der Waals surface area contributed by atoms with E-state index in [4.69, 9.17) is 4.74 Å². The lowest BCUT2D eigenvalue weighted by Crippen LogP contribution is -2.50. The van der Waals surface area contributed by atoms with E-state index >= 15 is 0 Å². The van der Waals surface area contributed by atoms with Crippen LogP contribution in [0.4, 0.5) is 4.79 Å². The van der Waals surface area contributed by atoms with Crippen molar-refractivity contribution in [3.8, 4) is 0 Å². The van der Waals surface area contributed by atoms with Gasteiger partial charge in [-0.1, -0.05) is 6.92 Å². The van der Waals surface area contributed by atoms with Crippen LogP contribution >= 0.6 is 24.0 Å². The fraction of sp³-hybridized carbons (Fsp3) is 0.889. The van der Waals surface area contributed by atoms with Gasteiger partial charge in [0.15, 0.2) is 5.96 Å². The van der Waals surface area contributed by atoms with E-state index < -0.39 is 5.60 Å². The van der Waals surface area contributed by atoms with E-state index in [-0.39, 0.29) is 30.1 Å². The summed E-state index contributed by atoms with van der Waals surface area (Å²) in [5.74, 6) is 1.68. The van der Waals surface area contributed by atoms with Gasteiger partial charge < -0.3 is 20.3 Å². The molecule has 1 amide bonds. The molecule has 1 heterocycles. The molecule has 2 atom stereocenters. The minimum absolute atomic E-state index is 0. The molecule has 2 fully saturated rings. The lowest BCUT2D eigenvalue weighted by molar-refractivity contribution is 0.0148. The van der Waals surface area contributed by atoms with Gasteiger partial charge in [0.25, 0.3) is 0 Å². The van der Waals surface area contributed by atoms with Crippen LogP contribution in [-0.2, 0) is 4.74 Å². The van der Waals surface area contributed by atoms with Crippen molar-refractivity contribution < 1.29 is 9.53 Å². The maximum atomic E-state index is 12.1. The summed E-state index contributed by atoms with van der Waals surface area (Å²) in [5, 5.41) is 6.78. The number of amides is 1. The zero-order valence-electron chi connectivity index (χ0n) is 16.9. The highest BCUT2D eigenvalue weighted by Crippen LogP contribution is 2.28. The first-order valence-corrected chi connectivity index (χ1v) is 9.53. The summed E-state index contributed by atoms with van der Waals surface area (Å²) in [6.07, 6.45) is 1.03. The first-order chi connectivity index (χ1) is 11.8. The van der Waals surface area contributed by atoms with Gasteiger partial charge in [-0.25, -0.2) is 4.79 Å². The third kappa shape index (κ3) is 8.28. The van der Waals surface area contributed by atoms with Crippen LogP contribution < -0.4 is 10.6 Å². The van der Waals surface area contributed by atoms with Crippen molar-refractivity contribution in [3.05, 3.63) is 0 Å². The van der Waals surface area contributed by atoms with Crippen molar-refractivity contribution in [1.82, 2.24) is 20.4 Å². The maximum Gasteiger partial charge on any atom is 0.410 e. The maximum absolute atomic E-state index is 12.1. The number of guanidine groups is 1. The molecule has 1 saturated heterocycles. The first-order valence-electron chi connectivity index (χ1n) is 9.53. The number of halogens is 1. The molecule has 1 saturated carbocycles. The molecule has 0 spiro atoms. The van der Waals surface area contributed by atoms with E-state index in [0.29, 0.717) is 6.04 Å². The third-order valence-electron chi connectivity index (χ3n) is 4.49. The fourth-order valence-corrected chi connectivity index (χ4v) is 2.80. The minimum atomic E-state index is -0.433. The number of carbonyl (C=O) groups excluding carboxylic acids is 1. The molecule has 26 heavy (non-hydrogen) atoms. The molecule has 2 rings (SSSR count). The molecule has 1 aliphatic carbocycles. The average molecular weight is 481 g/mol. The summed E-state index contributed by atoms with van der Waals surface area (Å²) in [6, 6.07) is 0.579. The van der Waals surface area contributed by atoms with Crippen molar-refractivity contribution >= 4 is 36.0 Å². The van der Waals surface area contributed by atoms with Gasteiger partial charge in [0.1, 0.15) is 5.60 Å². The van der Waals surface area contributed by atoms with Crippen LogP contribution in [0.5, 0.6) is 0 Å². The number of rotatable bonds is 5. The zero-order valence-corrected chi connectivity index (χ0v) is 19.2. The molecule has 152 valence electrons. The van der Waals surface area contributed by atoms with Crippen molar-refractivity contribution in [1.29, 1.82) is 0 Å². The second-order valence-electron chi connectivity index (χ2n) is 8.03. The third-order valence-corrected chi connectivity index (χ3v) is 4.49. The van der Waals surface area contributed by atoms with Crippen LogP contribution in [0.25, 0.3) is 0 Å². The number of nitrogens with one attached hydrogen (secondary N) is 2. The summed E-state index contributed by atoms with van der Waals surface area (Å²) in [6.45, 7) is 15.8. The average Bonchev–Trinajstić information content (AvgIpc) is 3.21. The molecule has 0 aromatic rings. The second kappa shape index (κ2) is 10.5. The second-order valence-corrected chi connectivity index (χ2v) is 8.03. The standard InChI is InChI=1S/C18H35N5O2.HI/c1-6-19-16(21-15-13-14(15)2)20-7-8-22-9-11-23(12-10-22)17(24)25-18(3,4)5;/h14-15H,6-13H2,1-5H3,(H2,19,20,21);1H. The van der Waals surface area contributed by atoms with Gasteiger partial charge in [-0.05, 0) is 40.0 Å². The predicted octanol–water partition coefficient (Wildman–Crippen LogP) is 2.12. The molecule has 1 aliphatic heterocycles. The number of hydrogen-bond donors (Lipinski definition) is 2. The monoisotopic (exact) mass is 481 g/mol. The summed E-state index contributed by atoms with van der Waals surface area (Å²) in [4.78, 5) is 20.9. The van der Waals surface area contributed by atoms with Crippen molar-refractivity contribution in [2.75, 3.05) is 45.8 Å². The van der Waals surface area contributed by atoms with E-state index in [1.54, 1.807) is 4.90 Å². The SMILES string of the molecule is CCNC(=NCCN1CCN(C(=O)OC(C)(C)C)CC1)NC1CC1C.I. The summed E-state index contributed by atoms with van der Waals surface area (Å²) in [5.41, 5.74) is -0.433. The van der Waals surface area contributed by atoms with E-state index in [2.05, 4.69) is 34.4 Å². The Morgan fingerprint density at radius 2 is 1.85 bits per heavy atom. The predicted molar refractivity (Wildman–Crippen MR) is 116 cm³/mol. The van der Waals surface area contributed by atoms with Crippen LogP contribution in [0, 0.1) is 5.92 Å². The molecule has 2 unspecified atom stereocenters. The van der Waals surface area contributed by atoms with Crippen LogP contribution in [0.15, 0.2) is 4.99 Å². The zero-order chi connectivity index (χ0) is 18.4. The smallest absolute Gasteiger partial charge is 0.410 e. The molecule has 2 aliphatic rings. The van der Waals surface area contributed by atoms with Gasteiger partial charge in [-0.3, -0.25) is 9.89 Å². The first kappa shape index (κ1) is 23.3. The number of hydrogen-bond acceptors (Lipinski definition) is 4. The number of piperazine rings is 1. The molecule has 0 aromatic carbocycles. The Balaban J connectivity index is 0.00000338. The molecule has 0 bridgehead atoms. The molecule has 0 radical (unpaired) electrons. The van der Waals surface area contributed by atoms with Crippen LogP contribution in [0.3, 0.4) is 0 Å². The summed E-state index contributed by atoms with van der Waals surface area (Å²) < 4.78 is 5.43. The van der Waals surface area contributed by atoms with Crippen LogP contribution in [-0.4, -0.2) is 79.3 Å². The highest BCUT2D eigenvalue weighted by Gasteiger charge is 2.33.